The number of amides is 1. The molecule has 13 heteroatoms. The van der Waals surface area contributed by atoms with Crippen molar-refractivity contribution in [2.75, 3.05) is 29.9 Å². The lowest BCUT2D eigenvalue weighted by Crippen LogP contribution is -2.60. The fourth-order valence-corrected chi connectivity index (χ4v) is 7.05. The molecule has 6 rings (SSSR count). The van der Waals surface area contributed by atoms with Gasteiger partial charge >= 0.3 is 5.69 Å². The van der Waals surface area contributed by atoms with E-state index in [2.05, 4.69) is 21.9 Å². The highest BCUT2D eigenvalue weighted by Crippen LogP contribution is 2.49. The molecule has 2 aliphatic heterocycles. The highest BCUT2D eigenvalue weighted by atomic mass is 35.5. The van der Waals surface area contributed by atoms with Crippen LogP contribution in [0.15, 0.2) is 41.8 Å². The fourth-order valence-electron chi connectivity index (χ4n) is 6.71. The summed E-state index contributed by atoms with van der Waals surface area (Å²) in [5, 5.41) is 13.8. The van der Waals surface area contributed by atoms with Gasteiger partial charge in [0.05, 0.1) is 39.1 Å². The molecule has 0 spiro atoms. The molecule has 2 N–H and O–H groups in total. The molecular formula is C33H32ClF3N6O3. The number of benzene rings is 2. The lowest BCUT2D eigenvalue weighted by atomic mass is 9.95. The second kappa shape index (κ2) is 11.7. The van der Waals surface area contributed by atoms with Gasteiger partial charge in [0.15, 0.2) is 17.5 Å². The van der Waals surface area contributed by atoms with Gasteiger partial charge in [0, 0.05) is 37.4 Å². The van der Waals surface area contributed by atoms with Crippen LogP contribution in [0.5, 0.6) is 5.75 Å². The van der Waals surface area contributed by atoms with Crippen molar-refractivity contribution in [2.24, 2.45) is 0 Å². The van der Waals surface area contributed by atoms with Crippen LogP contribution in [0.2, 0.25) is 5.02 Å². The maximum absolute atomic E-state index is 17.4. The Labute approximate surface area is 267 Å². The van der Waals surface area contributed by atoms with E-state index in [0.717, 1.165) is 16.7 Å². The molecule has 1 fully saturated rings. The van der Waals surface area contributed by atoms with Crippen molar-refractivity contribution >= 4 is 39.9 Å². The number of phenolic OH excluding ortho intramolecular Hbond substituents is 1. The third-order valence-electron chi connectivity index (χ3n) is 8.74. The number of nitrogens with one attached hydrogen (secondary N) is 1. The van der Waals surface area contributed by atoms with E-state index in [1.165, 1.54) is 6.08 Å². The maximum Gasteiger partial charge on any atom is 0.354 e. The lowest BCUT2D eigenvalue weighted by Gasteiger charge is -2.47. The number of phenols is 1. The van der Waals surface area contributed by atoms with Crippen LogP contribution in [0, 0.1) is 24.4 Å². The summed E-state index contributed by atoms with van der Waals surface area (Å²) in [6.07, 6.45) is 3.29. The number of hydrogen-bond acceptors (Lipinski definition) is 7. The first-order valence-electron chi connectivity index (χ1n) is 14.9. The number of hydrogen-bond donors (Lipinski definition) is 2. The summed E-state index contributed by atoms with van der Waals surface area (Å²) in [5.41, 5.74) is -1.02. The molecular weight excluding hydrogens is 621 g/mol. The molecule has 2 aromatic carbocycles. The standard InChI is InChI=1S/C33H32ClF3N6O3/c1-6-21(45)41-13-17(5)42-18(14-41)10-12-39-29-24-31(27(37)23(25(29)34)22-20(44)8-7-19(35)26(22)36)43(33(46)40-32(24)42)30-16(4)9-11-38-28(30)15(2)3/h6-9,11,15,17-18,39,44H,1,10,12-14H2,2-5H3. The van der Waals surface area contributed by atoms with E-state index in [0.29, 0.717) is 24.2 Å². The predicted molar refractivity (Wildman–Crippen MR) is 172 cm³/mol. The summed E-state index contributed by atoms with van der Waals surface area (Å²) in [6.45, 7) is 11.8. The van der Waals surface area contributed by atoms with Crippen LogP contribution in [-0.4, -0.2) is 62.2 Å². The van der Waals surface area contributed by atoms with Crippen LogP contribution >= 0.6 is 11.6 Å². The van der Waals surface area contributed by atoms with Gasteiger partial charge in [-0.1, -0.05) is 32.0 Å². The summed E-state index contributed by atoms with van der Waals surface area (Å²) < 4.78 is 48.5. The first-order chi connectivity index (χ1) is 21.9. The average Bonchev–Trinajstić information content (AvgIpc) is 3.00. The monoisotopic (exact) mass is 652 g/mol. The molecule has 2 aromatic heterocycles. The summed E-state index contributed by atoms with van der Waals surface area (Å²) in [7, 11) is 0. The Bertz CT molecular complexity index is 2000. The Balaban J connectivity index is 1.80. The summed E-state index contributed by atoms with van der Waals surface area (Å²) in [5.74, 6) is -5.02. The Morgan fingerprint density at radius 3 is 2.61 bits per heavy atom. The molecule has 2 unspecified atom stereocenters. The molecule has 1 saturated heterocycles. The smallest absolute Gasteiger partial charge is 0.354 e. The molecule has 4 heterocycles. The van der Waals surface area contributed by atoms with E-state index in [-0.39, 0.29) is 70.1 Å². The van der Waals surface area contributed by atoms with Crippen LogP contribution in [0.3, 0.4) is 0 Å². The van der Waals surface area contributed by atoms with Gasteiger partial charge in [0.25, 0.3) is 0 Å². The van der Waals surface area contributed by atoms with Crippen molar-refractivity contribution in [1.82, 2.24) is 19.4 Å². The van der Waals surface area contributed by atoms with Gasteiger partial charge in [0.1, 0.15) is 17.1 Å². The van der Waals surface area contributed by atoms with E-state index in [1.54, 1.807) is 24.1 Å². The number of carbonyl (C=O) groups excluding carboxylic acids is 1. The maximum atomic E-state index is 17.4. The van der Waals surface area contributed by atoms with Crippen molar-refractivity contribution in [3.63, 3.8) is 0 Å². The molecule has 46 heavy (non-hydrogen) atoms. The average molecular weight is 653 g/mol. The molecule has 4 aromatic rings. The van der Waals surface area contributed by atoms with Crippen molar-refractivity contribution in [1.29, 1.82) is 0 Å². The third-order valence-corrected chi connectivity index (χ3v) is 9.11. The number of halogens is 4. The van der Waals surface area contributed by atoms with Gasteiger partial charge in [-0.3, -0.25) is 14.3 Å². The van der Waals surface area contributed by atoms with Gasteiger partial charge in [-0.15, -0.1) is 0 Å². The number of rotatable bonds is 4. The second-order valence-electron chi connectivity index (χ2n) is 12.0. The minimum absolute atomic E-state index is 0.130. The SMILES string of the molecule is C=CC(=O)N1CC(C)N2c3nc(=O)n(-c4c(C)ccnc4C(C)C)c4c(F)c(-c5c(O)ccc(F)c5F)c(Cl)c(c34)NCCC2C1. The Kier molecular flexibility index (Phi) is 7.95. The molecule has 2 atom stereocenters. The number of carbonyl (C=O) groups is 1. The van der Waals surface area contributed by atoms with Crippen molar-refractivity contribution < 1.29 is 23.1 Å². The first-order valence-corrected chi connectivity index (χ1v) is 15.3. The number of piperazine rings is 1. The molecule has 0 saturated carbocycles. The molecule has 2 aliphatic rings. The third kappa shape index (κ3) is 4.77. The van der Waals surface area contributed by atoms with Crippen LogP contribution in [-0.2, 0) is 4.79 Å². The summed E-state index contributed by atoms with van der Waals surface area (Å²) >= 11 is 6.89. The fraction of sp³-hybridized carbons (Fsp3) is 0.333. The number of fused-ring (bicyclic) bond motifs is 2. The second-order valence-corrected chi connectivity index (χ2v) is 12.4. The zero-order valence-electron chi connectivity index (χ0n) is 25.7. The van der Waals surface area contributed by atoms with Crippen molar-refractivity contribution in [2.45, 2.75) is 52.1 Å². The minimum atomic E-state index is -1.50. The summed E-state index contributed by atoms with van der Waals surface area (Å²) in [6, 6.07) is 2.63. The molecule has 9 nitrogen and oxygen atoms in total. The van der Waals surface area contributed by atoms with Crippen LogP contribution in [0.4, 0.5) is 24.7 Å². The predicted octanol–water partition coefficient (Wildman–Crippen LogP) is 6.06. The van der Waals surface area contributed by atoms with E-state index in [1.807, 2.05) is 25.7 Å². The van der Waals surface area contributed by atoms with Crippen LogP contribution in [0.1, 0.15) is 44.4 Å². The normalized spacial score (nSPS) is 17.8. The van der Waals surface area contributed by atoms with Gasteiger partial charge in [-0.2, -0.15) is 4.98 Å². The number of anilines is 2. The molecule has 0 aliphatic carbocycles. The molecule has 0 radical (unpaired) electrons. The first kappa shape index (κ1) is 31.4. The Morgan fingerprint density at radius 2 is 1.91 bits per heavy atom. The quantitative estimate of drug-likeness (QED) is 0.258. The largest absolute Gasteiger partial charge is 0.507 e. The number of pyridine rings is 1. The van der Waals surface area contributed by atoms with Gasteiger partial charge in [0.2, 0.25) is 5.91 Å². The van der Waals surface area contributed by atoms with Crippen molar-refractivity contribution in [3.05, 3.63) is 81.3 Å². The number of nitrogens with zero attached hydrogens (tertiary/aromatic N) is 5. The van der Waals surface area contributed by atoms with Crippen molar-refractivity contribution in [3.8, 4) is 22.6 Å². The zero-order chi connectivity index (χ0) is 33.2. The highest BCUT2D eigenvalue weighted by Gasteiger charge is 2.39. The Hall–Kier alpha value is -4.58. The zero-order valence-corrected chi connectivity index (χ0v) is 26.4. The number of aromatic nitrogens is 3. The lowest BCUT2D eigenvalue weighted by molar-refractivity contribution is -0.127. The van der Waals surface area contributed by atoms with E-state index < -0.39 is 40.0 Å². The highest BCUT2D eigenvalue weighted by molar-refractivity contribution is 6.38. The van der Waals surface area contributed by atoms with Crippen LogP contribution in [0.25, 0.3) is 27.7 Å². The number of aromatic hydroxyl groups is 1. The van der Waals surface area contributed by atoms with E-state index >= 15 is 8.78 Å². The topological polar surface area (TPSA) is 104 Å². The Morgan fingerprint density at radius 1 is 1.17 bits per heavy atom. The van der Waals surface area contributed by atoms with E-state index in [9.17, 15) is 19.1 Å². The van der Waals surface area contributed by atoms with Gasteiger partial charge in [-0.05, 0) is 56.0 Å². The molecule has 0 bridgehead atoms. The number of aryl methyl sites for hydroxylation is 1. The van der Waals surface area contributed by atoms with Gasteiger partial charge in [-0.25, -0.2) is 18.0 Å². The minimum Gasteiger partial charge on any atom is -0.507 e. The molecule has 240 valence electrons. The molecule has 1 amide bonds. The summed E-state index contributed by atoms with van der Waals surface area (Å²) in [4.78, 5) is 39.5. The van der Waals surface area contributed by atoms with Crippen LogP contribution < -0.4 is 15.9 Å². The van der Waals surface area contributed by atoms with E-state index in [4.69, 9.17) is 11.6 Å². The van der Waals surface area contributed by atoms with Gasteiger partial charge < -0.3 is 20.2 Å².